The number of fused-ring (bicyclic) bond motifs is 1. The number of aromatic amines is 1. The van der Waals surface area contributed by atoms with E-state index in [4.69, 9.17) is 9.72 Å². The predicted molar refractivity (Wildman–Crippen MR) is 94.0 cm³/mol. The Bertz CT molecular complexity index is 976. The zero-order valence-corrected chi connectivity index (χ0v) is 14.3. The molecule has 2 aliphatic rings. The Balaban J connectivity index is 1.53. The number of ether oxygens (including phenoxy) is 1. The summed E-state index contributed by atoms with van der Waals surface area (Å²) in [6, 6.07) is 2.05. The second kappa shape index (κ2) is 6.28. The van der Waals surface area contributed by atoms with Crippen LogP contribution in [0.25, 0.3) is 11.0 Å². The monoisotopic (exact) mass is 352 g/mol. The van der Waals surface area contributed by atoms with Crippen molar-refractivity contribution in [1.29, 1.82) is 0 Å². The summed E-state index contributed by atoms with van der Waals surface area (Å²) < 4.78 is 7.35. The van der Waals surface area contributed by atoms with E-state index in [1.807, 2.05) is 10.7 Å². The van der Waals surface area contributed by atoms with Crippen LogP contribution in [0.1, 0.15) is 55.2 Å². The van der Waals surface area contributed by atoms with Gasteiger partial charge >= 0.3 is 0 Å². The molecular formula is C18H20N6O2. The van der Waals surface area contributed by atoms with Gasteiger partial charge < -0.3 is 9.72 Å². The van der Waals surface area contributed by atoms with Crippen LogP contribution in [0.4, 0.5) is 0 Å². The van der Waals surface area contributed by atoms with Gasteiger partial charge in [0.1, 0.15) is 17.0 Å². The normalized spacial score (nSPS) is 23.8. The smallest absolute Gasteiger partial charge is 0.262 e. The second-order valence-corrected chi connectivity index (χ2v) is 7.02. The molecule has 1 aliphatic heterocycles. The third-order valence-electron chi connectivity index (χ3n) is 5.56. The molecule has 3 aromatic heterocycles. The zero-order chi connectivity index (χ0) is 17.5. The Kier molecular flexibility index (Phi) is 3.77. The minimum absolute atomic E-state index is 0.122. The number of nitrogens with zero attached hydrogens (tertiary/aromatic N) is 5. The highest BCUT2D eigenvalue weighted by molar-refractivity contribution is 5.73. The molecule has 5 rings (SSSR count). The van der Waals surface area contributed by atoms with Gasteiger partial charge in [-0.15, -0.1) is 0 Å². The summed E-state index contributed by atoms with van der Waals surface area (Å²) >= 11 is 0. The van der Waals surface area contributed by atoms with Crippen molar-refractivity contribution >= 4 is 11.0 Å². The summed E-state index contributed by atoms with van der Waals surface area (Å²) in [5.41, 5.74) is 0.554. The van der Waals surface area contributed by atoms with Crippen molar-refractivity contribution < 1.29 is 4.74 Å². The summed E-state index contributed by atoms with van der Waals surface area (Å²) in [5.74, 6) is 1.90. The molecule has 1 aliphatic carbocycles. The van der Waals surface area contributed by atoms with Crippen LogP contribution in [0.2, 0.25) is 0 Å². The fraction of sp³-hybridized carbons (Fsp3) is 0.500. The highest BCUT2D eigenvalue weighted by Gasteiger charge is 2.37. The van der Waals surface area contributed by atoms with Gasteiger partial charge in [0.25, 0.3) is 5.56 Å². The SMILES string of the molecule is O=c1[nH]c([C@H]2CC[C@@H]2c2ncccn2)nc2c1cnn2C1CCOCC1. The molecule has 1 saturated heterocycles. The Morgan fingerprint density at radius 3 is 2.58 bits per heavy atom. The molecule has 1 N–H and O–H groups in total. The molecule has 0 unspecified atom stereocenters. The minimum atomic E-state index is -0.122. The molecule has 0 amide bonds. The molecular weight excluding hydrogens is 332 g/mol. The first-order valence-corrected chi connectivity index (χ1v) is 9.13. The standard InChI is InChI=1S/C18H20N6O2/c25-18-14-10-21-24(11-4-8-26-9-5-11)17(14)22-16(23-18)13-3-2-12(13)15-19-6-1-7-20-15/h1,6-7,10-13H,2-5,8-9H2,(H,22,23,25)/t12-,13-/m0/s1. The lowest BCUT2D eigenvalue weighted by Gasteiger charge is -2.34. The van der Waals surface area contributed by atoms with Crippen molar-refractivity contribution in [3.05, 3.63) is 46.7 Å². The molecule has 8 nitrogen and oxygen atoms in total. The fourth-order valence-corrected chi connectivity index (χ4v) is 3.96. The van der Waals surface area contributed by atoms with Crippen molar-refractivity contribution in [3.63, 3.8) is 0 Å². The molecule has 2 fully saturated rings. The van der Waals surface area contributed by atoms with E-state index in [2.05, 4.69) is 20.1 Å². The topological polar surface area (TPSA) is 98.6 Å². The third kappa shape index (κ3) is 2.52. The maximum Gasteiger partial charge on any atom is 0.262 e. The Hall–Kier alpha value is -2.61. The molecule has 4 heterocycles. The number of hydrogen-bond donors (Lipinski definition) is 1. The average molecular weight is 352 g/mol. The Labute approximate surface area is 149 Å². The molecule has 3 aromatic rings. The highest BCUT2D eigenvalue weighted by Crippen LogP contribution is 2.46. The van der Waals surface area contributed by atoms with E-state index in [9.17, 15) is 4.79 Å². The highest BCUT2D eigenvalue weighted by atomic mass is 16.5. The molecule has 8 heteroatoms. The maximum absolute atomic E-state index is 12.6. The van der Waals surface area contributed by atoms with Gasteiger partial charge in [0.2, 0.25) is 0 Å². The van der Waals surface area contributed by atoms with Gasteiger partial charge in [-0.05, 0) is 31.7 Å². The van der Waals surface area contributed by atoms with Gasteiger partial charge in [-0.25, -0.2) is 19.6 Å². The lowest BCUT2D eigenvalue weighted by molar-refractivity contribution is 0.0673. The number of nitrogens with one attached hydrogen (secondary N) is 1. The number of rotatable bonds is 3. The van der Waals surface area contributed by atoms with Crippen molar-refractivity contribution in [2.75, 3.05) is 13.2 Å². The summed E-state index contributed by atoms with van der Waals surface area (Å²) in [4.78, 5) is 29.1. The first-order chi connectivity index (χ1) is 12.8. The number of H-pyrrole nitrogens is 1. The number of aromatic nitrogens is 6. The first kappa shape index (κ1) is 15.6. The summed E-state index contributed by atoms with van der Waals surface area (Å²) in [5, 5.41) is 5.00. The van der Waals surface area contributed by atoms with Crippen LogP contribution in [0.15, 0.2) is 29.5 Å². The lowest BCUT2D eigenvalue weighted by atomic mass is 9.72. The van der Waals surface area contributed by atoms with Crippen molar-refractivity contribution in [2.45, 2.75) is 43.6 Å². The van der Waals surface area contributed by atoms with Crippen LogP contribution in [0, 0.1) is 0 Å². The maximum atomic E-state index is 12.6. The molecule has 0 spiro atoms. The Morgan fingerprint density at radius 2 is 1.85 bits per heavy atom. The summed E-state index contributed by atoms with van der Waals surface area (Å²) in [6.45, 7) is 1.44. The predicted octanol–water partition coefficient (Wildman–Crippen LogP) is 1.92. The zero-order valence-electron chi connectivity index (χ0n) is 14.3. The molecule has 1 saturated carbocycles. The number of hydrogen-bond acceptors (Lipinski definition) is 6. The van der Waals surface area contributed by atoms with Crippen LogP contribution < -0.4 is 5.56 Å². The van der Waals surface area contributed by atoms with Crippen LogP contribution in [0.5, 0.6) is 0 Å². The van der Waals surface area contributed by atoms with Gasteiger partial charge in [0.05, 0.1) is 12.2 Å². The fourth-order valence-electron chi connectivity index (χ4n) is 3.96. The molecule has 0 radical (unpaired) electrons. The van der Waals surface area contributed by atoms with Crippen LogP contribution in [-0.2, 0) is 4.74 Å². The van der Waals surface area contributed by atoms with Crippen LogP contribution >= 0.6 is 0 Å². The van der Waals surface area contributed by atoms with Crippen LogP contribution in [0.3, 0.4) is 0 Å². The van der Waals surface area contributed by atoms with Gasteiger partial charge in [-0.2, -0.15) is 5.10 Å². The quantitative estimate of drug-likeness (QED) is 0.773. The van der Waals surface area contributed by atoms with E-state index < -0.39 is 0 Å². The van der Waals surface area contributed by atoms with Crippen molar-refractivity contribution in [2.24, 2.45) is 0 Å². The van der Waals surface area contributed by atoms with E-state index >= 15 is 0 Å². The second-order valence-electron chi connectivity index (χ2n) is 7.02. The average Bonchev–Trinajstić information content (AvgIpc) is 3.07. The minimum Gasteiger partial charge on any atom is -0.381 e. The summed E-state index contributed by atoms with van der Waals surface area (Å²) in [6.07, 6.45) is 8.92. The van der Waals surface area contributed by atoms with Gasteiger partial charge in [0.15, 0.2) is 5.65 Å². The third-order valence-corrected chi connectivity index (χ3v) is 5.56. The van der Waals surface area contributed by atoms with E-state index in [0.29, 0.717) is 11.0 Å². The molecule has 0 bridgehead atoms. The van der Waals surface area contributed by atoms with Crippen LogP contribution in [-0.4, -0.2) is 42.9 Å². The van der Waals surface area contributed by atoms with E-state index in [1.165, 1.54) is 0 Å². The molecule has 0 aromatic carbocycles. The van der Waals surface area contributed by atoms with Crippen molar-refractivity contribution in [1.82, 2.24) is 29.7 Å². The lowest BCUT2D eigenvalue weighted by Crippen LogP contribution is -2.28. The van der Waals surface area contributed by atoms with Gasteiger partial charge in [-0.3, -0.25) is 4.79 Å². The largest absolute Gasteiger partial charge is 0.381 e. The van der Waals surface area contributed by atoms with E-state index in [0.717, 1.165) is 50.5 Å². The van der Waals surface area contributed by atoms with E-state index in [-0.39, 0.29) is 23.4 Å². The van der Waals surface area contributed by atoms with Crippen molar-refractivity contribution in [3.8, 4) is 0 Å². The van der Waals surface area contributed by atoms with E-state index in [1.54, 1.807) is 18.6 Å². The molecule has 2 atom stereocenters. The van der Waals surface area contributed by atoms with Gasteiger partial charge in [0, 0.05) is 37.4 Å². The summed E-state index contributed by atoms with van der Waals surface area (Å²) in [7, 11) is 0. The molecule has 134 valence electrons. The van der Waals surface area contributed by atoms with Gasteiger partial charge in [-0.1, -0.05) is 0 Å². The Morgan fingerprint density at radius 1 is 1.08 bits per heavy atom. The first-order valence-electron chi connectivity index (χ1n) is 9.13. The molecule has 26 heavy (non-hydrogen) atoms.